The van der Waals surface area contributed by atoms with Gasteiger partial charge in [0.05, 0.1) is 15.5 Å². The van der Waals surface area contributed by atoms with Crippen molar-refractivity contribution < 1.29 is 18.5 Å². The molecule has 2 aromatic carbocycles. The molecule has 0 aliphatic heterocycles. The standard InChI is InChI=1S/C17H10F2N2O3S/c18-12-4-2-1-3-11(12)15-7-8-16(25-15)17(22)20-14-9-10(21(23)24)5-6-13(14)19/h1-9H,(H,20,22). The second kappa shape index (κ2) is 6.78. The number of carbonyl (C=O) groups is 1. The molecule has 0 bridgehead atoms. The van der Waals surface area contributed by atoms with Crippen molar-refractivity contribution in [3.8, 4) is 10.4 Å². The number of benzene rings is 2. The van der Waals surface area contributed by atoms with Crippen LogP contribution in [-0.2, 0) is 0 Å². The van der Waals surface area contributed by atoms with Gasteiger partial charge in [-0.2, -0.15) is 0 Å². The number of nitro benzene ring substituents is 1. The lowest BCUT2D eigenvalue weighted by molar-refractivity contribution is -0.384. The normalized spacial score (nSPS) is 10.5. The minimum atomic E-state index is -0.787. The second-order valence-corrected chi connectivity index (χ2v) is 6.10. The molecule has 0 radical (unpaired) electrons. The molecule has 0 aliphatic carbocycles. The number of amides is 1. The van der Waals surface area contributed by atoms with E-state index in [2.05, 4.69) is 5.32 Å². The Morgan fingerprint density at radius 1 is 1.04 bits per heavy atom. The van der Waals surface area contributed by atoms with Gasteiger partial charge in [0.2, 0.25) is 0 Å². The molecule has 8 heteroatoms. The average Bonchev–Trinajstić information content (AvgIpc) is 3.07. The van der Waals surface area contributed by atoms with Crippen molar-refractivity contribution in [1.29, 1.82) is 0 Å². The van der Waals surface area contributed by atoms with Gasteiger partial charge >= 0.3 is 0 Å². The number of hydrogen-bond donors (Lipinski definition) is 1. The molecular weight excluding hydrogens is 350 g/mol. The van der Waals surface area contributed by atoms with Gasteiger partial charge in [-0.3, -0.25) is 14.9 Å². The molecule has 0 saturated heterocycles. The Labute approximate surface area is 144 Å². The lowest BCUT2D eigenvalue weighted by atomic mass is 10.2. The highest BCUT2D eigenvalue weighted by molar-refractivity contribution is 7.17. The summed E-state index contributed by atoms with van der Waals surface area (Å²) in [5.74, 6) is -1.84. The molecule has 1 aromatic heterocycles. The highest BCUT2D eigenvalue weighted by atomic mass is 32.1. The third-order valence-electron chi connectivity index (χ3n) is 3.38. The van der Waals surface area contributed by atoms with Gasteiger partial charge in [0.25, 0.3) is 11.6 Å². The number of hydrogen-bond acceptors (Lipinski definition) is 4. The predicted octanol–water partition coefficient (Wildman–Crippen LogP) is 4.85. The number of carbonyl (C=O) groups excluding carboxylic acids is 1. The minimum Gasteiger partial charge on any atom is -0.319 e. The lowest BCUT2D eigenvalue weighted by Crippen LogP contribution is -2.11. The summed E-state index contributed by atoms with van der Waals surface area (Å²) in [6.45, 7) is 0. The Morgan fingerprint density at radius 2 is 1.80 bits per heavy atom. The topological polar surface area (TPSA) is 72.2 Å². The summed E-state index contributed by atoms with van der Waals surface area (Å²) in [4.78, 5) is 23.1. The zero-order valence-electron chi connectivity index (χ0n) is 12.5. The Hall–Kier alpha value is -3.13. The van der Waals surface area contributed by atoms with E-state index >= 15 is 0 Å². The maximum Gasteiger partial charge on any atom is 0.271 e. The molecule has 25 heavy (non-hydrogen) atoms. The molecule has 0 saturated carbocycles. The number of anilines is 1. The van der Waals surface area contributed by atoms with Gasteiger partial charge in [-0.15, -0.1) is 11.3 Å². The maximum absolute atomic E-state index is 13.8. The Balaban J connectivity index is 1.85. The lowest BCUT2D eigenvalue weighted by Gasteiger charge is -2.05. The van der Waals surface area contributed by atoms with Crippen LogP contribution < -0.4 is 5.32 Å². The van der Waals surface area contributed by atoms with E-state index in [1.807, 2.05) is 0 Å². The molecule has 1 amide bonds. The van der Waals surface area contributed by atoms with Crippen molar-refractivity contribution in [2.75, 3.05) is 5.32 Å². The van der Waals surface area contributed by atoms with Gasteiger partial charge in [0, 0.05) is 22.6 Å². The molecule has 126 valence electrons. The predicted molar refractivity (Wildman–Crippen MR) is 90.7 cm³/mol. The van der Waals surface area contributed by atoms with E-state index in [1.54, 1.807) is 24.3 Å². The summed E-state index contributed by atoms with van der Waals surface area (Å²) in [6.07, 6.45) is 0. The van der Waals surface area contributed by atoms with Crippen LogP contribution in [0.3, 0.4) is 0 Å². The van der Waals surface area contributed by atoms with E-state index in [1.165, 1.54) is 12.1 Å². The van der Waals surface area contributed by atoms with Crippen LogP contribution in [0.2, 0.25) is 0 Å². The number of rotatable bonds is 4. The van der Waals surface area contributed by atoms with Crippen LogP contribution in [0.1, 0.15) is 9.67 Å². The quantitative estimate of drug-likeness (QED) is 0.534. The maximum atomic E-state index is 13.8. The molecule has 0 atom stereocenters. The van der Waals surface area contributed by atoms with Crippen LogP contribution in [-0.4, -0.2) is 10.8 Å². The van der Waals surface area contributed by atoms with Gasteiger partial charge in [0.15, 0.2) is 0 Å². The first-order chi connectivity index (χ1) is 12.0. The molecule has 3 aromatic rings. The molecule has 5 nitrogen and oxygen atoms in total. The van der Waals surface area contributed by atoms with Gasteiger partial charge in [0.1, 0.15) is 11.6 Å². The van der Waals surface area contributed by atoms with E-state index in [4.69, 9.17) is 0 Å². The summed E-state index contributed by atoms with van der Waals surface area (Å²) >= 11 is 1.04. The molecule has 3 rings (SSSR count). The largest absolute Gasteiger partial charge is 0.319 e. The zero-order chi connectivity index (χ0) is 18.0. The summed E-state index contributed by atoms with van der Waals surface area (Å²) in [7, 11) is 0. The molecular formula is C17H10F2N2O3S. The van der Waals surface area contributed by atoms with Crippen LogP contribution in [0, 0.1) is 21.7 Å². The van der Waals surface area contributed by atoms with Crippen LogP contribution in [0.25, 0.3) is 10.4 Å². The molecule has 1 N–H and O–H groups in total. The van der Waals surface area contributed by atoms with Gasteiger partial charge in [-0.1, -0.05) is 18.2 Å². The smallest absolute Gasteiger partial charge is 0.271 e. The number of nitrogens with one attached hydrogen (secondary N) is 1. The number of nitrogens with zero attached hydrogens (tertiary/aromatic N) is 1. The monoisotopic (exact) mass is 360 g/mol. The van der Waals surface area contributed by atoms with Crippen LogP contribution in [0.15, 0.2) is 54.6 Å². The minimum absolute atomic E-state index is 0.226. The van der Waals surface area contributed by atoms with Crippen molar-refractivity contribution in [2.24, 2.45) is 0 Å². The second-order valence-electron chi connectivity index (χ2n) is 5.02. The van der Waals surface area contributed by atoms with Crippen molar-refractivity contribution >= 4 is 28.6 Å². The third-order valence-corrected chi connectivity index (χ3v) is 4.50. The van der Waals surface area contributed by atoms with E-state index in [0.29, 0.717) is 10.4 Å². The summed E-state index contributed by atoms with van der Waals surface area (Å²) in [6, 6.07) is 12.1. The Bertz CT molecular complexity index is 972. The number of halogens is 2. The number of non-ortho nitro benzene ring substituents is 1. The molecule has 0 fully saturated rings. The number of nitro groups is 1. The molecule has 0 aliphatic rings. The summed E-state index contributed by atoms with van der Waals surface area (Å²) in [5, 5.41) is 13.0. The van der Waals surface area contributed by atoms with Crippen molar-refractivity contribution in [3.63, 3.8) is 0 Å². The van der Waals surface area contributed by atoms with Gasteiger partial charge in [-0.05, 0) is 24.3 Å². The third kappa shape index (κ3) is 3.53. The number of thiophene rings is 1. The Morgan fingerprint density at radius 3 is 2.52 bits per heavy atom. The fourth-order valence-electron chi connectivity index (χ4n) is 2.17. The van der Waals surface area contributed by atoms with Crippen LogP contribution in [0.5, 0.6) is 0 Å². The zero-order valence-corrected chi connectivity index (χ0v) is 13.3. The fraction of sp³-hybridized carbons (Fsp3) is 0. The fourth-order valence-corrected chi connectivity index (χ4v) is 3.10. The van der Waals surface area contributed by atoms with Crippen molar-refractivity contribution in [2.45, 2.75) is 0 Å². The van der Waals surface area contributed by atoms with Gasteiger partial charge < -0.3 is 5.32 Å². The highest BCUT2D eigenvalue weighted by Gasteiger charge is 2.16. The molecule has 0 unspecified atom stereocenters. The molecule has 1 heterocycles. The summed E-state index contributed by atoms with van der Waals surface area (Å²) < 4.78 is 27.5. The van der Waals surface area contributed by atoms with Crippen molar-refractivity contribution in [3.05, 3.63) is 81.2 Å². The van der Waals surface area contributed by atoms with Crippen LogP contribution in [0.4, 0.5) is 20.2 Å². The van der Waals surface area contributed by atoms with Crippen molar-refractivity contribution in [1.82, 2.24) is 0 Å². The van der Waals surface area contributed by atoms with E-state index in [0.717, 1.165) is 29.5 Å². The first-order valence-electron chi connectivity index (χ1n) is 7.06. The van der Waals surface area contributed by atoms with E-state index in [9.17, 15) is 23.7 Å². The first-order valence-corrected chi connectivity index (χ1v) is 7.87. The first kappa shape index (κ1) is 16.7. The SMILES string of the molecule is O=C(Nc1cc([N+](=O)[O-])ccc1F)c1ccc(-c2ccccc2F)s1. The van der Waals surface area contributed by atoms with E-state index in [-0.39, 0.29) is 16.3 Å². The van der Waals surface area contributed by atoms with Gasteiger partial charge in [-0.25, -0.2) is 8.78 Å². The van der Waals surface area contributed by atoms with Crippen LogP contribution >= 0.6 is 11.3 Å². The molecule has 0 spiro atoms. The van der Waals surface area contributed by atoms with E-state index < -0.39 is 22.5 Å². The average molecular weight is 360 g/mol. The highest BCUT2D eigenvalue weighted by Crippen LogP contribution is 2.31. The Kier molecular flexibility index (Phi) is 4.53. The summed E-state index contributed by atoms with van der Waals surface area (Å²) in [5.41, 5.74) is -0.275.